The number of rotatable bonds is 12. The summed E-state index contributed by atoms with van der Waals surface area (Å²) in [6.45, 7) is 5.15. The molecule has 0 bridgehead atoms. The number of hydrogen-bond acceptors (Lipinski definition) is 8. The summed E-state index contributed by atoms with van der Waals surface area (Å²) in [5, 5.41) is 3.89. The molecule has 5 rings (SSSR count). The van der Waals surface area contributed by atoms with E-state index >= 15 is 0 Å². The molecule has 0 aliphatic carbocycles. The third-order valence-electron chi connectivity index (χ3n) is 7.65. The third kappa shape index (κ3) is 7.08. The smallest absolute Gasteiger partial charge is 0.347 e. The molecule has 0 fully saturated rings. The molecule has 0 aliphatic rings. The Morgan fingerprint density at radius 1 is 1.02 bits per heavy atom. The van der Waals surface area contributed by atoms with Gasteiger partial charge in [0.25, 0.3) is 0 Å². The lowest BCUT2D eigenvalue weighted by molar-refractivity contribution is -0.111. The number of aromatic nitrogens is 3. The van der Waals surface area contributed by atoms with Crippen molar-refractivity contribution in [3.8, 4) is 22.8 Å². The van der Waals surface area contributed by atoms with E-state index in [1.54, 1.807) is 31.4 Å². The van der Waals surface area contributed by atoms with Gasteiger partial charge in [-0.25, -0.2) is 14.8 Å². The number of ether oxygens (including phenoxy) is 2. The van der Waals surface area contributed by atoms with Gasteiger partial charge in [-0.05, 0) is 44.4 Å². The predicted molar refractivity (Wildman–Crippen MR) is 182 cm³/mol. The summed E-state index contributed by atoms with van der Waals surface area (Å²) in [5.41, 5.74) is 4.65. The molecule has 2 heterocycles. The van der Waals surface area contributed by atoms with Crippen LogP contribution in [0.4, 0.5) is 11.4 Å². The molecule has 2 aromatic heterocycles. The lowest BCUT2D eigenvalue weighted by Crippen LogP contribution is -2.29. The monoisotopic (exact) mass is 618 g/mol. The minimum atomic E-state index is -0.558. The minimum Gasteiger partial charge on any atom is -0.496 e. The number of nitrogens with one attached hydrogen (secondary N) is 1. The van der Waals surface area contributed by atoms with E-state index in [9.17, 15) is 9.59 Å². The summed E-state index contributed by atoms with van der Waals surface area (Å²) in [6.07, 6.45) is 4.98. The molecule has 0 spiro atoms. The molecule has 0 unspecified atom stereocenters. The Balaban J connectivity index is 1.59. The number of hydrogen-bond donors (Lipinski definition) is 1. The molecule has 0 saturated carbocycles. The maximum absolute atomic E-state index is 13.5. The molecule has 0 atom stereocenters. The Morgan fingerprint density at radius 2 is 1.76 bits per heavy atom. The van der Waals surface area contributed by atoms with Crippen molar-refractivity contribution in [2.24, 2.45) is 7.05 Å². The summed E-state index contributed by atoms with van der Waals surface area (Å²) in [7, 11) is 9.55. The Labute approximate surface area is 268 Å². The van der Waals surface area contributed by atoms with E-state index in [0.717, 1.165) is 40.8 Å². The molecule has 46 heavy (non-hydrogen) atoms. The van der Waals surface area contributed by atoms with Gasteiger partial charge in [0.15, 0.2) is 0 Å². The van der Waals surface area contributed by atoms with Crippen LogP contribution < -0.4 is 19.7 Å². The van der Waals surface area contributed by atoms with E-state index in [1.165, 1.54) is 12.3 Å². The van der Waals surface area contributed by atoms with Gasteiger partial charge in [0, 0.05) is 74.1 Å². The molecule has 5 aromatic rings. The van der Waals surface area contributed by atoms with Crippen molar-refractivity contribution < 1.29 is 19.1 Å². The molecule has 10 heteroatoms. The second kappa shape index (κ2) is 14.1. The topological polar surface area (TPSA) is 102 Å². The Morgan fingerprint density at radius 3 is 2.48 bits per heavy atom. The molecule has 1 N–H and O–H groups in total. The molecule has 0 radical (unpaired) electrons. The number of para-hydroxylation sites is 2. The number of nitrogens with zero attached hydrogens (tertiary/aromatic N) is 5. The second-order valence-corrected chi connectivity index (χ2v) is 11.2. The maximum atomic E-state index is 13.5. The van der Waals surface area contributed by atoms with Gasteiger partial charge in [-0.1, -0.05) is 43.0 Å². The number of carbonyl (C=O) groups excluding carboxylic acids is 2. The fraction of sp³-hybridized carbons (Fsp3) is 0.222. The van der Waals surface area contributed by atoms with Crippen LogP contribution in [-0.2, 0) is 18.3 Å². The van der Waals surface area contributed by atoms with Gasteiger partial charge in [-0.2, -0.15) is 0 Å². The van der Waals surface area contributed by atoms with Crippen molar-refractivity contribution in [2.45, 2.75) is 6.42 Å². The van der Waals surface area contributed by atoms with Crippen LogP contribution >= 0.6 is 0 Å². The average molecular weight is 619 g/mol. The van der Waals surface area contributed by atoms with E-state index in [-0.39, 0.29) is 17.9 Å². The largest absolute Gasteiger partial charge is 0.496 e. The standard InChI is InChI=1S/C36H38N6O4/c1-7-34(43)38-29-19-24(32(45-6)21-31(29)41(4)18-17-40(2)3)20-33-37-22-27(36(44)46-25-13-9-8-10-14-25)35(39-33)28-23-42(5)30-16-12-11-15-26(28)30/h7-16,19,21-23H,1,17-18,20H2,2-6H3,(H,38,43). The quantitative estimate of drug-likeness (QED) is 0.110. The number of esters is 1. The third-order valence-corrected chi connectivity index (χ3v) is 7.65. The molecular formula is C36H38N6O4. The van der Waals surface area contributed by atoms with E-state index in [0.29, 0.717) is 28.7 Å². The molecule has 10 nitrogen and oxygen atoms in total. The number of methoxy groups -OCH3 is 1. The fourth-order valence-electron chi connectivity index (χ4n) is 5.22. The second-order valence-electron chi connectivity index (χ2n) is 11.2. The number of amides is 1. The molecule has 0 saturated heterocycles. The number of benzene rings is 3. The van der Waals surface area contributed by atoms with Crippen LogP contribution in [0, 0.1) is 0 Å². The van der Waals surface area contributed by atoms with Crippen LogP contribution in [0.5, 0.6) is 11.5 Å². The van der Waals surface area contributed by atoms with E-state index < -0.39 is 5.97 Å². The minimum absolute atomic E-state index is 0.243. The first-order valence-electron chi connectivity index (χ1n) is 14.9. The first-order chi connectivity index (χ1) is 22.2. The zero-order valence-electron chi connectivity index (χ0n) is 26.8. The number of anilines is 2. The van der Waals surface area contributed by atoms with E-state index in [2.05, 4.69) is 26.7 Å². The first-order valence-corrected chi connectivity index (χ1v) is 14.9. The SMILES string of the molecule is C=CC(=O)Nc1cc(Cc2ncc(C(=O)Oc3ccccc3)c(-c3cn(C)c4ccccc34)n2)c(OC)cc1N(C)CCN(C)C. The van der Waals surface area contributed by atoms with Gasteiger partial charge in [-0.3, -0.25) is 4.79 Å². The van der Waals surface area contributed by atoms with Crippen molar-refractivity contribution in [2.75, 3.05) is 51.6 Å². The van der Waals surface area contributed by atoms with Gasteiger partial charge in [0.1, 0.15) is 22.9 Å². The van der Waals surface area contributed by atoms with Crippen molar-refractivity contribution in [1.82, 2.24) is 19.4 Å². The zero-order valence-corrected chi connectivity index (χ0v) is 26.8. The van der Waals surface area contributed by atoms with Crippen LogP contribution in [0.25, 0.3) is 22.2 Å². The highest BCUT2D eigenvalue weighted by Gasteiger charge is 2.23. The van der Waals surface area contributed by atoms with E-state index in [4.69, 9.17) is 14.5 Å². The molecule has 3 aromatic carbocycles. The highest BCUT2D eigenvalue weighted by atomic mass is 16.5. The average Bonchev–Trinajstić information content (AvgIpc) is 3.40. The number of aryl methyl sites for hydroxylation is 1. The van der Waals surface area contributed by atoms with Crippen LogP contribution in [-0.4, -0.2) is 72.7 Å². The molecule has 236 valence electrons. The van der Waals surface area contributed by atoms with Crippen LogP contribution in [0.1, 0.15) is 21.7 Å². The Bertz CT molecular complexity index is 1880. The Kier molecular flexibility index (Phi) is 9.78. The van der Waals surface area contributed by atoms with Gasteiger partial charge < -0.3 is 29.2 Å². The summed E-state index contributed by atoms with van der Waals surface area (Å²) in [4.78, 5) is 39.7. The van der Waals surface area contributed by atoms with Gasteiger partial charge in [0.2, 0.25) is 5.91 Å². The van der Waals surface area contributed by atoms with Crippen LogP contribution in [0.3, 0.4) is 0 Å². The van der Waals surface area contributed by atoms with Crippen LogP contribution in [0.2, 0.25) is 0 Å². The van der Waals surface area contributed by atoms with Crippen molar-refractivity contribution in [3.63, 3.8) is 0 Å². The van der Waals surface area contributed by atoms with Gasteiger partial charge >= 0.3 is 5.97 Å². The zero-order chi connectivity index (χ0) is 32.8. The summed E-state index contributed by atoms with van der Waals surface area (Å²) >= 11 is 0. The lowest BCUT2D eigenvalue weighted by Gasteiger charge is -2.25. The molecule has 0 aliphatic heterocycles. The van der Waals surface area contributed by atoms with Gasteiger partial charge in [0.05, 0.1) is 24.2 Å². The van der Waals surface area contributed by atoms with Crippen LogP contribution in [0.15, 0.2) is 91.8 Å². The number of likely N-dealkylation sites (N-methyl/N-ethyl adjacent to an activating group) is 2. The maximum Gasteiger partial charge on any atom is 0.347 e. The predicted octanol–water partition coefficient (Wildman–Crippen LogP) is 5.58. The van der Waals surface area contributed by atoms with Crippen molar-refractivity contribution in [3.05, 3.63) is 109 Å². The van der Waals surface area contributed by atoms with Crippen molar-refractivity contribution >= 4 is 34.2 Å². The summed E-state index contributed by atoms with van der Waals surface area (Å²) in [5.74, 6) is 0.625. The van der Waals surface area contributed by atoms with E-state index in [1.807, 2.05) is 81.4 Å². The highest BCUT2D eigenvalue weighted by molar-refractivity contribution is 6.03. The summed E-state index contributed by atoms with van der Waals surface area (Å²) in [6, 6.07) is 20.6. The summed E-state index contributed by atoms with van der Waals surface area (Å²) < 4.78 is 13.5. The fourth-order valence-corrected chi connectivity index (χ4v) is 5.22. The number of fused-ring (bicyclic) bond motifs is 1. The number of carbonyl (C=O) groups is 2. The first kappa shape index (κ1) is 31.9. The molecular weight excluding hydrogens is 580 g/mol. The lowest BCUT2D eigenvalue weighted by atomic mass is 10.0. The highest BCUT2D eigenvalue weighted by Crippen LogP contribution is 2.36. The Hall–Kier alpha value is -5.48. The molecule has 1 amide bonds. The van der Waals surface area contributed by atoms with Crippen molar-refractivity contribution in [1.29, 1.82) is 0 Å². The normalized spacial score (nSPS) is 11.0. The van der Waals surface area contributed by atoms with Gasteiger partial charge in [-0.15, -0.1) is 0 Å².